The molecule has 0 saturated carbocycles. The average molecular weight is 788 g/mol. The van der Waals surface area contributed by atoms with Crippen LogP contribution in [-0.4, -0.2) is 91.1 Å². The van der Waals surface area contributed by atoms with Crippen LogP contribution in [0.15, 0.2) is 71.6 Å². The zero-order valence-electron chi connectivity index (χ0n) is 30.5. The van der Waals surface area contributed by atoms with Gasteiger partial charge < -0.3 is 25.6 Å². The van der Waals surface area contributed by atoms with E-state index in [1.165, 1.54) is 12.1 Å². The first kappa shape index (κ1) is 41.6. The summed E-state index contributed by atoms with van der Waals surface area (Å²) in [5.41, 5.74) is 7.65. The molecule has 1 aliphatic rings. The fourth-order valence-corrected chi connectivity index (χ4v) is 8.04. The maximum Gasteiger partial charge on any atom is 0.410 e. The van der Waals surface area contributed by atoms with E-state index in [2.05, 4.69) is 5.32 Å². The lowest BCUT2D eigenvalue weighted by Gasteiger charge is -2.35. The Bertz CT molecular complexity index is 1880. The summed E-state index contributed by atoms with van der Waals surface area (Å²) in [4.78, 5) is 42.9. The Morgan fingerprint density at radius 3 is 2.23 bits per heavy atom. The van der Waals surface area contributed by atoms with Crippen molar-refractivity contribution in [1.82, 2.24) is 19.4 Å². The van der Waals surface area contributed by atoms with Crippen LogP contribution in [-0.2, 0) is 37.3 Å². The second-order valence-electron chi connectivity index (χ2n) is 14.1. The van der Waals surface area contributed by atoms with Crippen molar-refractivity contribution in [2.24, 2.45) is 11.7 Å². The molecule has 1 saturated heterocycles. The zero-order chi connectivity index (χ0) is 38.9. The van der Waals surface area contributed by atoms with E-state index < -0.39 is 28.1 Å². The van der Waals surface area contributed by atoms with E-state index in [9.17, 15) is 22.8 Å². The molecule has 0 aliphatic carbocycles. The Balaban J connectivity index is 1.47. The quantitative estimate of drug-likeness (QED) is 0.141. The van der Waals surface area contributed by atoms with Gasteiger partial charge in [0.15, 0.2) is 0 Å². The molecular formula is C38H48Cl2N6O6S. The van der Waals surface area contributed by atoms with Crippen molar-refractivity contribution in [3.8, 4) is 0 Å². The number of nitrogens with two attached hydrogens (primary N) is 1. The summed E-state index contributed by atoms with van der Waals surface area (Å²) in [6, 6.07) is 19.1. The molecule has 0 unspecified atom stereocenters. The fraction of sp³-hybridized carbons (Fsp3) is 0.421. The van der Waals surface area contributed by atoms with Gasteiger partial charge in [0, 0.05) is 43.3 Å². The molecule has 1 heterocycles. The largest absolute Gasteiger partial charge is 0.444 e. The summed E-state index contributed by atoms with van der Waals surface area (Å²) in [5.74, 6) is -1.01. The van der Waals surface area contributed by atoms with Crippen LogP contribution >= 0.6 is 23.2 Å². The van der Waals surface area contributed by atoms with Crippen LogP contribution in [0.5, 0.6) is 0 Å². The molecule has 53 heavy (non-hydrogen) atoms. The molecule has 3 aromatic rings. The molecule has 12 nitrogen and oxygen atoms in total. The van der Waals surface area contributed by atoms with Gasteiger partial charge in [-0.1, -0.05) is 77.8 Å². The SMILES string of the molecule is Cc1c(Cl)ccc(S(=O)(=O)N(CCc2ccccc2)CC(=O)NCC(=O)N(Cc2ccc(C(=N)N)cc2)CC2CCN(C(=O)OC(C)(C)C)CC2)c1Cl. The Kier molecular flexibility index (Phi) is 14.3. The number of nitrogen functional groups attached to an aromatic ring is 1. The predicted molar refractivity (Wildman–Crippen MR) is 207 cm³/mol. The first-order valence-corrected chi connectivity index (χ1v) is 19.6. The van der Waals surface area contributed by atoms with Gasteiger partial charge in [-0.25, -0.2) is 13.2 Å². The number of halogens is 2. The summed E-state index contributed by atoms with van der Waals surface area (Å²) in [6.07, 6.45) is 1.27. The number of rotatable bonds is 14. The molecule has 1 fully saturated rings. The third-order valence-corrected chi connectivity index (χ3v) is 11.8. The van der Waals surface area contributed by atoms with Gasteiger partial charge in [0.1, 0.15) is 16.3 Å². The average Bonchev–Trinajstić information content (AvgIpc) is 3.11. The van der Waals surface area contributed by atoms with E-state index in [0.717, 1.165) is 15.4 Å². The number of likely N-dealkylation sites (tertiary alicyclic amines) is 1. The predicted octanol–water partition coefficient (Wildman–Crippen LogP) is 5.61. The Labute approximate surface area is 322 Å². The van der Waals surface area contributed by atoms with Gasteiger partial charge in [-0.3, -0.25) is 15.0 Å². The first-order chi connectivity index (χ1) is 24.9. The van der Waals surface area contributed by atoms with Crippen LogP contribution in [0.1, 0.15) is 55.9 Å². The minimum atomic E-state index is -4.26. The second-order valence-corrected chi connectivity index (χ2v) is 16.8. The summed E-state index contributed by atoms with van der Waals surface area (Å²) in [6.45, 7) is 7.71. The lowest BCUT2D eigenvalue weighted by molar-refractivity contribution is -0.134. The molecular weight excluding hydrogens is 739 g/mol. The monoisotopic (exact) mass is 786 g/mol. The van der Waals surface area contributed by atoms with E-state index in [-0.39, 0.29) is 53.3 Å². The Morgan fingerprint density at radius 1 is 0.981 bits per heavy atom. The number of carbonyl (C=O) groups excluding carboxylic acids is 3. The summed E-state index contributed by atoms with van der Waals surface area (Å²) >= 11 is 12.6. The number of hydrogen-bond donors (Lipinski definition) is 3. The topological polar surface area (TPSA) is 166 Å². The number of nitrogens with one attached hydrogen (secondary N) is 2. The van der Waals surface area contributed by atoms with Crippen LogP contribution in [0.25, 0.3) is 0 Å². The van der Waals surface area contributed by atoms with Gasteiger partial charge in [0.05, 0.1) is 18.1 Å². The highest BCUT2D eigenvalue weighted by Crippen LogP contribution is 2.32. The Morgan fingerprint density at radius 2 is 1.62 bits per heavy atom. The normalized spacial score (nSPS) is 13.8. The van der Waals surface area contributed by atoms with Crippen LogP contribution in [0.4, 0.5) is 4.79 Å². The highest BCUT2D eigenvalue weighted by Gasteiger charge is 2.31. The minimum absolute atomic E-state index is 0.0178. The zero-order valence-corrected chi connectivity index (χ0v) is 32.9. The van der Waals surface area contributed by atoms with E-state index in [1.54, 1.807) is 41.0 Å². The number of ether oxygens (including phenoxy) is 1. The third kappa shape index (κ3) is 11.9. The second kappa shape index (κ2) is 18.2. The number of amidine groups is 1. The van der Waals surface area contributed by atoms with Crippen molar-refractivity contribution < 1.29 is 27.5 Å². The van der Waals surface area contributed by atoms with Crippen molar-refractivity contribution in [2.75, 3.05) is 39.3 Å². The number of hydrogen-bond acceptors (Lipinski definition) is 7. The van der Waals surface area contributed by atoms with Crippen molar-refractivity contribution >= 4 is 57.0 Å². The fourth-order valence-electron chi connectivity index (χ4n) is 5.86. The highest BCUT2D eigenvalue weighted by atomic mass is 35.5. The molecule has 286 valence electrons. The van der Waals surface area contributed by atoms with Gasteiger partial charge in [0.2, 0.25) is 21.8 Å². The lowest BCUT2D eigenvalue weighted by Crippen LogP contribution is -2.47. The molecule has 0 atom stereocenters. The van der Waals surface area contributed by atoms with Crippen molar-refractivity contribution in [1.29, 1.82) is 5.41 Å². The maximum absolute atomic E-state index is 13.9. The van der Waals surface area contributed by atoms with Crippen LogP contribution in [0.2, 0.25) is 10.0 Å². The molecule has 0 spiro atoms. The molecule has 1 aliphatic heterocycles. The molecule has 4 rings (SSSR count). The van der Waals surface area contributed by atoms with Crippen molar-refractivity contribution in [3.63, 3.8) is 0 Å². The third-order valence-electron chi connectivity index (χ3n) is 8.89. The smallest absolute Gasteiger partial charge is 0.410 e. The molecule has 3 aromatic carbocycles. The minimum Gasteiger partial charge on any atom is -0.444 e. The van der Waals surface area contributed by atoms with Crippen molar-refractivity contribution in [2.45, 2.75) is 64.0 Å². The van der Waals surface area contributed by atoms with E-state index in [1.807, 2.05) is 51.1 Å². The summed E-state index contributed by atoms with van der Waals surface area (Å²) in [5, 5.41) is 10.6. The molecule has 15 heteroatoms. The molecule has 4 N–H and O–H groups in total. The standard InChI is InChI=1S/C38H48Cl2N6O6S/c1-26-31(39)14-15-32(35(26)40)53(50,51)46(21-18-27-8-6-5-7-9-27)25-33(47)43-22-34(48)45(23-28-10-12-30(13-11-28)36(41)42)24-29-16-19-44(20-17-29)37(49)52-38(2,3)4/h5-15,29H,16-25H2,1-4H3,(H3,41,42)(H,43,47). The number of nitrogens with zero attached hydrogens (tertiary/aromatic N) is 3. The number of carbonyl (C=O) groups is 3. The number of sulfonamides is 1. The molecule has 0 aromatic heterocycles. The van der Waals surface area contributed by atoms with E-state index >= 15 is 0 Å². The highest BCUT2D eigenvalue weighted by molar-refractivity contribution is 7.89. The van der Waals surface area contributed by atoms with Crippen LogP contribution in [0.3, 0.4) is 0 Å². The van der Waals surface area contributed by atoms with Crippen molar-refractivity contribution in [3.05, 3.63) is 99.0 Å². The van der Waals surface area contributed by atoms with Gasteiger partial charge in [-0.05, 0) is 81.7 Å². The number of amides is 3. The van der Waals surface area contributed by atoms with Gasteiger partial charge in [-0.15, -0.1) is 0 Å². The number of benzene rings is 3. The van der Waals surface area contributed by atoms with Gasteiger partial charge >= 0.3 is 6.09 Å². The van der Waals surface area contributed by atoms with E-state index in [4.69, 9.17) is 39.1 Å². The van der Waals surface area contributed by atoms with Crippen LogP contribution in [0, 0.1) is 18.3 Å². The summed E-state index contributed by atoms with van der Waals surface area (Å²) in [7, 11) is -4.26. The van der Waals surface area contributed by atoms with Crippen LogP contribution < -0.4 is 11.1 Å². The molecule has 0 bridgehead atoms. The molecule has 0 radical (unpaired) electrons. The van der Waals surface area contributed by atoms with Gasteiger partial charge in [0.25, 0.3) is 0 Å². The maximum atomic E-state index is 13.9. The van der Waals surface area contributed by atoms with Gasteiger partial charge in [-0.2, -0.15) is 4.31 Å². The first-order valence-electron chi connectivity index (χ1n) is 17.4. The van der Waals surface area contributed by atoms with E-state index in [0.29, 0.717) is 55.0 Å². The number of piperidine rings is 1. The Hall–Kier alpha value is -4.17. The lowest BCUT2D eigenvalue weighted by atomic mass is 9.96. The molecule has 3 amide bonds. The summed E-state index contributed by atoms with van der Waals surface area (Å²) < 4.78 is 34.4.